The van der Waals surface area contributed by atoms with Crippen LogP contribution in [-0.2, 0) is 4.79 Å². The average molecular weight is 337 g/mol. The van der Waals surface area contributed by atoms with Crippen LogP contribution in [0.5, 0.6) is 0 Å². The smallest absolute Gasteiger partial charge is 0.262 e. The van der Waals surface area contributed by atoms with E-state index >= 15 is 0 Å². The van der Waals surface area contributed by atoms with Crippen molar-refractivity contribution in [2.24, 2.45) is 5.92 Å². The van der Waals surface area contributed by atoms with Gasteiger partial charge in [0.1, 0.15) is 11.6 Å². The zero-order valence-corrected chi connectivity index (χ0v) is 13.9. The largest absolute Gasteiger partial charge is 0.348 e. The molecule has 1 saturated carbocycles. The summed E-state index contributed by atoms with van der Waals surface area (Å²) >= 11 is 11.9. The summed E-state index contributed by atoms with van der Waals surface area (Å²) < 4.78 is 0. The first kappa shape index (κ1) is 16.9. The highest BCUT2D eigenvalue weighted by Crippen LogP contribution is 2.25. The van der Waals surface area contributed by atoms with Crippen LogP contribution in [0.15, 0.2) is 23.8 Å². The molecular weight excluding hydrogens is 319 g/mol. The van der Waals surface area contributed by atoms with Crippen molar-refractivity contribution in [2.45, 2.75) is 38.6 Å². The molecule has 1 aliphatic rings. The van der Waals surface area contributed by atoms with E-state index < -0.39 is 0 Å². The molecular formula is C17H18Cl2N2O. The molecule has 2 atom stereocenters. The van der Waals surface area contributed by atoms with Gasteiger partial charge in [-0.25, -0.2) is 0 Å². The maximum absolute atomic E-state index is 12.3. The number of rotatable bonds is 3. The minimum atomic E-state index is -0.340. The first-order valence-electron chi connectivity index (χ1n) is 7.39. The Labute approximate surface area is 140 Å². The van der Waals surface area contributed by atoms with Gasteiger partial charge in [0, 0.05) is 16.1 Å². The first-order chi connectivity index (χ1) is 10.5. The van der Waals surface area contributed by atoms with Crippen LogP contribution in [0.4, 0.5) is 0 Å². The minimum Gasteiger partial charge on any atom is -0.348 e. The molecule has 22 heavy (non-hydrogen) atoms. The molecule has 0 aliphatic heterocycles. The Morgan fingerprint density at radius 3 is 2.73 bits per heavy atom. The number of halogens is 2. The number of nitrogens with one attached hydrogen (secondary N) is 1. The number of nitrogens with zero attached hydrogens (tertiary/aromatic N) is 1. The van der Waals surface area contributed by atoms with Gasteiger partial charge in [-0.2, -0.15) is 5.26 Å². The molecule has 0 aromatic heterocycles. The van der Waals surface area contributed by atoms with Crippen molar-refractivity contribution in [1.29, 1.82) is 5.26 Å². The van der Waals surface area contributed by atoms with E-state index in [1.54, 1.807) is 18.2 Å². The van der Waals surface area contributed by atoms with Gasteiger partial charge in [-0.1, -0.05) is 49.0 Å². The molecule has 0 radical (unpaired) electrons. The van der Waals surface area contributed by atoms with Crippen LogP contribution >= 0.6 is 23.2 Å². The summed E-state index contributed by atoms with van der Waals surface area (Å²) in [5.74, 6) is 0.101. The van der Waals surface area contributed by atoms with E-state index in [2.05, 4.69) is 12.2 Å². The van der Waals surface area contributed by atoms with E-state index in [1.165, 1.54) is 12.5 Å². The lowest BCUT2D eigenvalue weighted by Gasteiger charge is -2.29. The summed E-state index contributed by atoms with van der Waals surface area (Å²) in [7, 11) is 0. The average Bonchev–Trinajstić information content (AvgIpc) is 2.49. The SMILES string of the molecule is CC1CCCCC1NC(=O)C(C#N)=Cc1ccc(Cl)cc1Cl. The predicted octanol–water partition coefficient (Wildman–Crippen LogP) is 4.60. The van der Waals surface area contributed by atoms with E-state index in [9.17, 15) is 10.1 Å². The third kappa shape index (κ3) is 4.25. The molecule has 2 rings (SSSR count). The first-order valence-corrected chi connectivity index (χ1v) is 8.14. The van der Waals surface area contributed by atoms with E-state index in [-0.39, 0.29) is 17.5 Å². The van der Waals surface area contributed by atoms with Gasteiger partial charge in [-0.05, 0) is 42.5 Å². The number of carbonyl (C=O) groups excluding carboxylic acids is 1. The Morgan fingerprint density at radius 1 is 1.36 bits per heavy atom. The molecule has 5 heteroatoms. The summed E-state index contributed by atoms with van der Waals surface area (Å²) in [6, 6.07) is 7.05. The summed E-state index contributed by atoms with van der Waals surface area (Å²) in [6.07, 6.45) is 5.90. The lowest BCUT2D eigenvalue weighted by Crippen LogP contribution is -2.41. The second-order valence-electron chi connectivity index (χ2n) is 5.68. The van der Waals surface area contributed by atoms with Crippen LogP contribution in [0, 0.1) is 17.2 Å². The second-order valence-corrected chi connectivity index (χ2v) is 6.52. The van der Waals surface area contributed by atoms with Crippen molar-refractivity contribution in [1.82, 2.24) is 5.32 Å². The molecule has 1 aromatic carbocycles. The molecule has 1 fully saturated rings. The number of nitriles is 1. The topological polar surface area (TPSA) is 52.9 Å². The fraction of sp³-hybridized carbons (Fsp3) is 0.412. The van der Waals surface area contributed by atoms with E-state index in [1.807, 2.05) is 6.07 Å². The lowest BCUT2D eigenvalue weighted by atomic mass is 9.86. The van der Waals surface area contributed by atoms with Crippen molar-refractivity contribution in [3.8, 4) is 6.07 Å². The van der Waals surface area contributed by atoms with Crippen molar-refractivity contribution in [2.75, 3.05) is 0 Å². The molecule has 3 nitrogen and oxygen atoms in total. The zero-order chi connectivity index (χ0) is 16.1. The highest BCUT2D eigenvalue weighted by molar-refractivity contribution is 6.35. The van der Waals surface area contributed by atoms with Gasteiger partial charge in [0.15, 0.2) is 0 Å². The maximum Gasteiger partial charge on any atom is 0.262 e. The summed E-state index contributed by atoms with van der Waals surface area (Å²) in [6.45, 7) is 2.13. The van der Waals surface area contributed by atoms with Crippen molar-refractivity contribution < 1.29 is 4.79 Å². The van der Waals surface area contributed by atoms with Crippen molar-refractivity contribution >= 4 is 35.2 Å². The molecule has 1 amide bonds. The Hall–Kier alpha value is -1.50. The van der Waals surface area contributed by atoms with Crippen molar-refractivity contribution in [3.63, 3.8) is 0 Å². The lowest BCUT2D eigenvalue weighted by molar-refractivity contribution is -0.118. The van der Waals surface area contributed by atoms with E-state index in [0.29, 0.717) is 21.5 Å². The quantitative estimate of drug-likeness (QED) is 0.648. The molecule has 1 aromatic rings. The summed E-state index contributed by atoms with van der Waals surface area (Å²) in [4.78, 5) is 12.3. The number of benzene rings is 1. The third-order valence-corrected chi connectivity index (χ3v) is 4.62. The normalized spacial score (nSPS) is 22.0. The van der Waals surface area contributed by atoms with E-state index in [0.717, 1.165) is 19.3 Å². The fourth-order valence-electron chi connectivity index (χ4n) is 2.70. The van der Waals surface area contributed by atoms with Gasteiger partial charge in [-0.3, -0.25) is 4.79 Å². The molecule has 1 N–H and O–H groups in total. The predicted molar refractivity (Wildman–Crippen MR) is 89.6 cm³/mol. The van der Waals surface area contributed by atoms with Gasteiger partial charge in [-0.15, -0.1) is 0 Å². The number of amides is 1. The Morgan fingerprint density at radius 2 is 2.09 bits per heavy atom. The van der Waals surface area contributed by atoms with Gasteiger partial charge < -0.3 is 5.32 Å². The molecule has 0 saturated heterocycles. The van der Waals surface area contributed by atoms with Gasteiger partial charge in [0.2, 0.25) is 0 Å². The van der Waals surface area contributed by atoms with Crippen LogP contribution in [0.3, 0.4) is 0 Å². The third-order valence-electron chi connectivity index (χ3n) is 4.06. The molecule has 2 unspecified atom stereocenters. The molecule has 0 bridgehead atoms. The second kappa shape index (κ2) is 7.67. The number of hydrogen-bond donors (Lipinski definition) is 1. The van der Waals surface area contributed by atoms with E-state index in [4.69, 9.17) is 23.2 Å². The number of hydrogen-bond acceptors (Lipinski definition) is 2. The monoisotopic (exact) mass is 336 g/mol. The van der Waals surface area contributed by atoms with Crippen LogP contribution in [0.1, 0.15) is 38.2 Å². The van der Waals surface area contributed by atoms with Crippen LogP contribution in [0.2, 0.25) is 10.0 Å². The van der Waals surface area contributed by atoms with Crippen LogP contribution < -0.4 is 5.32 Å². The minimum absolute atomic E-state index is 0.0574. The van der Waals surface area contributed by atoms with Crippen LogP contribution in [-0.4, -0.2) is 11.9 Å². The summed E-state index contributed by atoms with van der Waals surface area (Å²) in [5.41, 5.74) is 0.663. The highest BCUT2D eigenvalue weighted by atomic mass is 35.5. The highest BCUT2D eigenvalue weighted by Gasteiger charge is 2.24. The van der Waals surface area contributed by atoms with Gasteiger partial charge >= 0.3 is 0 Å². The molecule has 0 spiro atoms. The Bertz CT molecular complexity index is 634. The Balaban J connectivity index is 2.15. The molecule has 0 heterocycles. The molecule has 116 valence electrons. The molecule has 1 aliphatic carbocycles. The Kier molecular flexibility index (Phi) is 5.88. The van der Waals surface area contributed by atoms with Crippen LogP contribution in [0.25, 0.3) is 6.08 Å². The standard InChI is InChI=1S/C17H18Cl2N2O/c1-11-4-2-3-5-16(11)21-17(22)13(10-20)8-12-6-7-14(18)9-15(12)19/h6-9,11,16H,2-5H2,1H3,(H,21,22). The zero-order valence-electron chi connectivity index (χ0n) is 12.4. The van der Waals surface area contributed by atoms with Crippen molar-refractivity contribution in [3.05, 3.63) is 39.4 Å². The van der Waals surface area contributed by atoms with Gasteiger partial charge in [0.05, 0.1) is 0 Å². The number of carbonyl (C=O) groups is 1. The maximum atomic E-state index is 12.3. The summed E-state index contributed by atoms with van der Waals surface area (Å²) in [5, 5.41) is 13.2. The fourth-order valence-corrected chi connectivity index (χ4v) is 3.16. The van der Waals surface area contributed by atoms with Gasteiger partial charge in [0.25, 0.3) is 5.91 Å².